The summed E-state index contributed by atoms with van der Waals surface area (Å²) in [6.45, 7) is 2.42. The van der Waals surface area contributed by atoms with Crippen LogP contribution in [0.1, 0.15) is 18.4 Å². The van der Waals surface area contributed by atoms with Crippen molar-refractivity contribution in [2.24, 2.45) is 5.73 Å². The molecule has 1 aromatic carbocycles. The second-order valence-electron chi connectivity index (χ2n) is 6.80. The third-order valence-electron chi connectivity index (χ3n) is 4.69. The van der Waals surface area contributed by atoms with Gasteiger partial charge in [-0.2, -0.15) is 0 Å². The van der Waals surface area contributed by atoms with Crippen molar-refractivity contribution in [3.63, 3.8) is 0 Å². The lowest BCUT2D eigenvalue weighted by Gasteiger charge is -2.23. The maximum atomic E-state index is 13.8. The molecule has 2 aromatic rings. The monoisotopic (exact) mass is 429 g/mol. The van der Waals surface area contributed by atoms with Gasteiger partial charge in [-0.1, -0.05) is 0 Å². The molecule has 2 N–H and O–H groups in total. The van der Waals surface area contributed by atoms with Gasteiger partial charge in [-0.3, -0.25) is 4.79 Å². The number of anilines is 1. The quantitative estimate of drug-likeness (QED) is 0.738. The fraction of sp³-hybridized carbons (Fsp3) is 0.421. The zero-order valence-electron chi connectivity index (χ0n) is 15.7. The molecular formula is C19H23ClF3N5O. The molecule has 10 heteroatoms. The van der Waals surface area contributed by atoms with Crippen molar-refractivity contribution < 1.29 is 18.0 Å². The van der Waals surface area contributed by atoms with Crippen LogP contribution in [0.2, 0.25) is 0 Å². The van der Waals surface area contributed by atoms with E-state index in [1.54, 1.807) is 23.4 Å². The number of nitrogens with two attached hydrogens (primary N) is 1. The number of hydrogen-bond acceptors (Lipinski definition) is 5. The second-order valence-corrected chi connectivity index (χ2v) is 6.80. The predicted octanol–water partition coefficient (Wildman–Crippen LogP) is 2.31. The maximum absolute atomic E-state index is 13.8. The van der Waals surface area contributed by atoms with Crippen molar-refractivity contribution >= 4 is 24.3 Å². The van der Waals surface area contributed by atoms with Crippen molar-refractivity contribution in [2.45, 2.75) is 25.3 Å². The molecule has 0 bridgehead atoms. The van der Waals surface area contributed by atoms with E-state index < -0.39 is 23.5 Å². The van der Waals surface area contributed by atoms with E-state index >= 15 is 0 Å². The second kappa shape index (κ2) is 10.4. The first-order chi connectivity index (χ1) is 13.4. The Bertz CT molecular complexity index is 827. The number of hydrogen-bond donors (Lipinski definition) is 1. The van der Waals surface area contributed by atoms with E-state index in [0.29, 0.717) is 31.6 Å². The fourth-order valence-corrected chi connectivity index (χ4v) is 3.25. The highest BCUT2D eigenvalue weighted by molar-refractivity contribution is 5.85. The lowest BCUT2D eigenvalue weighted by Crippen LogP contribution is -2.39. The highest BCUT2D eigenvalue weighted by Crippen LogP contribution is 2.17. The molecule has 0 radical (unpaired) electrons. The Kier molecular flexibility index (Phi) is 8.21. The molecule has 1 fully saturated rings. The molecule has 1 atom stereocenters. The van der Waals surface area contributed by atoms with E-state index in [2.05, 4.69) is 9.97 Å². The number of benzene rings is 1. The molecule has 0 unspecified atom stereocenters. The number of carbonyl (C=O) groups is 1. The largest absolute Gasteiger partial charge is 0.341 e. The summed E-state index contributed by atoms with van der Waals surface area (Å²) in [6.07, 6.45) is 4.06. The van der Waals surface area contributed by atoms with Crippen LogP contribution >= 0.6 is 12.4 Å². The van der Waals surface area contributed by atoms with Crippen LogP contribution in [-0.4, -0.2) is 53.0 Å². The highest BCUT2D eigenvalue weighted by Gasteiger charge is 2.22. The van der Waals surface area contributed by atoms with E-state index in [9.17, 15) is 18.0 Å². The Hall–Kier alpha value is -2.39. The molecule has 1 aromatic heterocycles. The van der Waals surface area contributed by atoms with Gasteiger partial charge >= 0.3 is 0 Å². The molecule has 1 aliphatic heterocycles. The van der Waals surface area contributed by atoms with Gasteiger partial charge in [-0.05, 0) is 30.5 Å². The lowest BCUT2D eigenvalue weighted by molar-refractivity contribution is -0.131. The summed E-state index contributed by atoms with van der Waals surface area (Å²) in [6, 6.07) is 2.34. The first kappa shape index (κ1) is 22.9. The van der Waals surface area contributed by atoms with E-state index in [-0.39, 0.29) is 36.7 Å². The number of amides is 1. The highest BCUT2D eigenvalue weighted by atomic mass is 35.5. The summed E-state index contributed by atoms with van der Waals surface area (Å²) in [5, 5.41) is 0. The van der Waals surface area contributed by atoms with Crippen LogP contribution in [-0.2, 0) is 11.2 Å². The molecule has 3 rings (SSSR count). The topological polar surface area (TPSA) is 75.4 Å². The minimum absolute atomic E-state index is 0. The molecule has 0 saturated carbocycles. The van der Waals surface area contributed by atoms with E-state index in [1.807, 2.05) is 4.90 Å². The zero-order chi connectivity index (χ0) is 20.1. The van der Waals surface area contributed by atoms with Crippen LogP contribution < -0.4 is 10.6 Å². The van der Waals surface area contributed by atoms with Gasteiger partial charge in [0.05, 0.1) is 0 Å². The molecule has 2 heterocycles. The summed E-state index contributed by atoms with van der Waals surface area (Å²) in [7, 11) is 0. The van der Waals surface area contributed by atoms with Crippen molar-refractivity contribution in [1.29, 1.82) is 0 Å². The van der Waals surface area contributed by atoms with Gasteiger partial charge in [-0.15, -0.1) is 12.4 Å². The fourth-order valence-electron chi connectivity index (χ4n) is 3.25. The van der Waals surface area contributed by atoms with E-state index in [0.717, 1.165) is 19.0 Å². The van der Waals surface area contributed by atoms with Crippen molar-refractivity contribution in [3.8, 4) is 0 Å². The Morgan fingerprint density at radius 2 is 1.72 bits per heavy atom. The normalized spacial score (nSPS) is 15.4. The Balaban J connectivity index is 0.00000300. The third-order valence-corrected chi connectivity index (χ3v) is 4.69. The smallest absolute Gasteiger partial charge is 0.225 e. The predicted molar refractivity (Wildman–Crippen MR) is 105 cm³/mol. The number of aromatic nitrogens is 2. The van der Waals surface area contributed by atoms with Crippen LogP contribution in [0.25, 0.3) is 0 Å². The van der Waals surface area contributed by atoms with E-state index in [4.69, 9.17) is 5.73 Å². The Labute approximate surface area is 173 Å². The Morgan fingerprint density at radius 1 is 1.03 bits per heavy atom. The van der Waals surface area contributed by atoms with Gasteiger partial charge < -0.3 is 15.5 Å². The van der Waals surface area contributed by atoms with Crippen LogP contribution in [0.5, 0.6) is 0 Å². The van der Waals surface area contributed by atoms with E-state index in [1.165, 1.54) is 0 Å². The number of nitrogens with zero attached hydrogens (tertiary/aromatic N) is 4. The molecule has 0 spiro atoms. The number of carbonyl (C=O) groups excluding carboxylic acids is 1. The molecule has 158 valence electrons. The average Bonchev–Trinajstić information content (AvgIpc) is 2.93. The summed E-state index contributed by atoms with van der Waals surface area (Å²) < 4.78 is 40.1. The lowest BCUT2D eigenvalue weighted by atomic mass is 10.0. The Morgan fingerprint density at radius 3 is 2.45 bits per heavy atom. The standard InChI is InChI=1S/C19H22F3N5O.ClH/c20-15-12-17(22)16(21)10-13(15)9-14(23)11-18(28)26-5-2-6-27(8-7-26)19-24-3-1-4-25-19;/h1,3-4,10,12,14H,2,5-9,11,23H2;1H/t14-;/m1./s1. The average molecular weight is 430 g/mol. The van der Waals surface area contributed by atoms with Crippen molar-refractivity contribution in [1.82, 2.24) is 14.9 Å². The third kappa shape index (κ3) is 6.04. The minimum Gasteiger partial charge on any atom is -0.341 e. The van der Waals surface area contributed by atoms with Crippen molar-refractivity contribution in [2.75, 3.05) is 31.1 Å². The van der Waals surface area contributed by atoms with Gasteiger partial charge in [0.15, 0.2) is 11.6 Å². The summed E-state index contributed by atoms with van der Waals surface area (Å²) in [5.41, 5.74) is 5.93. The van der Waals surface area contributed by atoms with Gasteiger partial charge in [0.25, 0.3) is 0 Å². The van der Waals surface area contributed by atoms with Crippen LogP contribution in [0.3, 0.4) is 0 Å². The van der Waals surface area contributed by atoms with Crippen LogP contribution in [0, 0.1) is 17.5 Å². The minimum atomic E-state index is -1.25. The first-order valence-corrected chi connectivity index (χ1v) is 9.13. The maximum Gasteiger partial charge on any atom is 0.225 e. The molecule has 1 amide bonds. The summed E-state index contributed by atoms with van der Waals surface area (Å²) in [5.74, 6) is -2.77. The zero-order valence-corrected chi connectivity index (χ0v) is 16.5. The number of rotatable bonds is 5. The van der Waals surface area contributed by atoms with Crippen LogP contribution in [0.4, 0.5) is 19.1 Å². The summed E-state index contributed by atoms with van der Waals surface area (Å²) in [4.78, 5) is 24.8. The van der Waals surface area contributed by atoms with Gasteiger partial charge in [-0.25, -0.2) is 23.1 Å². The molecular weight excluding hydrogens is 407 g/mol. The number of halogens is 4. The van der Waals surface area contributed by atoms with Gasteiger partial charge in [0.1, 0.15) is 5.82 Å². The molecule has 29 heavy (non-hydrogen) atoms. The first-order valence-electron chi connectivity index (χ1n) is 9.13. The molecule has 0 aliphatic carbocycles. The summed E-state index contributed by atoms with van der Waals surface area (Å²) >= 11 is 0. The van der Waals surface area contributed by atoms with Crippen LogP contribution in [0.15, 0.2) is 30.6 Å². The molecule has 6 nitrogen and oxygen atoms in total. The van der Waals surface area contributed by atoms with Gasteiger partial charge in [0, 0.05) is 57.1 Å². The van der Waals surface area contributed by atoms with Crippen molar-refractivity contribution in [3.05, 3.63) is 53.6 Å². The SMILES string of the molecule is Cl.N[C@@H](CC(=O)N1CCCN(c2ncccn2)CC1)Cc1cc(F)c(F)cc1F. The molecule has 1 aliphatic rings. The molecule has 1 saturated heterocycles. The van der Waals surface area contributed by atoms with Gasteiger partial charge in [0.2, 0.25) is 11.9 Å².